The molecule has 0 aliphatic rings. The van der Waals surface area contributed by atoms with Gasteiger partial charge in [0.05, 0.1) is 6.42 Å². The van der Waals surface area contributed by atoms with Gasteiger partial charge in [0.2, 0.25) is 0 Å². The van der Waals surface area contributed by atoms with E-state index in [0.29, 0.717) is 13.0 Å². The van der Waals surface area contributed by atoms with Crippen LogP contribution >= 0.6 is 12.4 Å². The van der Waals surface area contributed by atoms with Crippen LogP contribution < -0.4 is 5.32 Å². The molecule has 0 bridgehead atoms. The summed E-state index contributed by atoms with van der Waals surface area (Å²) in [7, 11) is 0. The third-order valence-corrected chi connectivity index (χ3v) is 2.05. The molecule has 0 saturated carbocycles. The average molecular weight is 256 g/mol. The Morgan fingerprint density at radius 2 is 2.12 bits per heavy atom. The minimum absolute atomic E-state index is 0. The summed E-state index contributed by atoms with van der Waals surface area (Å²) in [6.45, 7) is 6.00. The third-order valence-electron chi connectivity index (χ3n) is 2.05. The first-order chi connectivity index (χ1) is 7.72. The highest BCUT2D eigenvalue weighted by atomic mass is 35.5. The lowest BCUT2D eigenvalue weighted by atomic mass is 10.2. The maximum atomic E-state index is 11.5. The number of hydrogen-bond acceptors (Lipinski definition) is 3. The fraction of sp³-hybridized carbons (Fsp3) is 0.308. The van der Waals surface area contributed by atoms with Crippen LogP contribution in [0.25, 0.3) is 0 Å². The molecule has 1 N–H and O–H groups in total. The van der Waals surface area contributed by atoms with Crippen molar-refractivity contribution >= 4 is 18.4 Å². The molecule has 1 atom stereocenters. The van der Waals surface area contributed by atoms with E-state index in [1.807, 2.05) is 30.3 Å². The highest BCUT2D eigenvalue weighted by Crippen LogP contribution is 2.01. The number of ether oxygens (including phenoxy) is 1. The predicted molar refractivity (Wildman–Crippen MR) is 71.1 cm³/mol. The molecule has 0 saturated heterocycles. The van der Waals surface area contributed by atoms with Crippen LogP contribution in [0.3, 0.4) is 0 Å². The SMILES string of the molecule is C=CCNC(C)OC(=O)Cc1ccccc1.Cl. The van der Waals surface area contributed by atoms with Crippen molar-refractivity contribution < 1.29 is 9.53 Å². The summed E-state index contributed by atoms with van der Waals surface area (Å²) in [5.41, 5.74) is 0.962. The van der Waals surface area contributed by atoms with E-state index in [1.54, 1.807) is 13.0 Å². The van der Waals surface area contributed by atoms with Gasteiger partial charge in [-0.05, 0) is 12.5 Å². The van der Waals surface area contributed by atoms with Crippen LogP contribution in [0.15, 0.2) is 43.0 Å². The van der Waals surface area contributed by atoms with Gasteiger partial charge in [-0.25, -0.2) is 0 Å². The maximum absolute atomic E-state index is 11.5. The molecular formula is C13H18ClNO2. The molecule has 1 aromatic rings. The second-order valence-electron chi connectivity index (χ2n) is 3.49. The lowest BCUT2D eigenvalue weighted by Gasteiger charge is -2.13. The first-order valence-corrected chi connectivity index (χ1v) is 5.30. The summed E-state index contributed by atoms with van der Waals surface area (Å²) in [4.78, 5) is 11.5. The van der Waals surface area contributed by atoms with Crippen molar-refractivity contribution in [2.75, 3.05) is 6.54 Å². The van der Waals surface area contributed by atoms with Crippen molar-refractivity contribution in [2.24, 2.45) is 0 Å². The van der Waals surface area contributed by atoms with E-state index in [4.69, 9.17) is 4.74 Å². The highest BCUT2D eigenvalue weighted by molar-refractivity contribution is 5.85. The fourth-order valence-electron chi connectivity index (χ4n) is 1.29. The Bertz CT molecular complexity index is 341. The van der Waals surface area contributed by atoms with Crippen LogP contribution in [-0.2, 0) is 16.0 Å². The van der Waals surface area contributed by atoms with Crippen LogP contribution in [0, 0.1) is 0 Å². The minimum Gasteiger partial charge on any atom is -0.447 e. The molecule has 0 amide bonds. The second kappa shape index (κ2) is 8.79. The molecular weight excluding hydrogens is 238 g/mol. The van der Waals surface area contributed by atoms with E-state index < -0.39 is 0 Å². The first kappa shape index (κ1) is 15.7. The van der Waals surface area contributed by atoms with Crippen LogP contribution in [0.1, 0.15) is 12.5 Å². The number of rotatable bonds is 6. The van der Waals surface area contributed by atoms with Gasteiger partial charge in [-0.2, -0.15) is 0 Å². The van der Waals surface area contributed by atoms with Gasteiger partial charge in [0.25, 0.3) is 0 Å². The number of carbonyl (C=O) groups excluding carboxylic acids is 1. The Balaban J connectivity index is 0.00000256. The Kier molecular flexibility index (Phi) is 8.11. The molecule has 0 aliphatic heterocycles. The summed E-state index contributed by atoms with van der Waals surface area (Å²) >= 11 is 0. The molecule has 0 aliphatic carbocycles. The fourth-order valence-corrected chi connectivity index (χ4v) is 1.29. The summed E-state index contributed by atoms with van der Waals surface area (Å²) in [6, 6.07) is 9.54. The zero-order valence-corrected chi connectivity index (χ0v) is 10.7. The standard InChI is InChI=1S/C13H17NO2.ClH/c1-3-9-14-11(2)16-13(15)10-12-7-5-4-6-8-12;/h3-8,11,14H,1,9-10H2,2H3;1H. The topological polar surface area (TPSA) is 38.3 Å². The molecule has 17 heavy (non-hydrogen) atoms. The Hall–Kier alpha value is -1.32. The zero-order chi connectivity index (χ0) is 11.8. The molecule has 0 aromatic heterocycles. The van der Waals surface area contributed by atoms with Gasteiger partial charge in [0.15, 0.2) is 6.23 Å². The second-order valence-corrected chi connectivity index (χ2v) is 3.49. The Morgan fingerprint density at radius 1 is 1.47 bits per heavy atom. The van der Waals surface area contributed by atoms with Crippen LogP contribution in [0.5, 0.6) is 0 Å². The van der Waals surface area contributed by atoms with Crippen LogP contribution in [-0.4, -0.2) is 18.7 Å². The van der Waals surface area contributed by atoms with Crippen LogP contribution in [0.2, 0.25) is 0 Å². The zero-order valence-electron chi connectivity index (χ0n) is 9.89. The molecule has 94 valence electrons. The van der Waals surface area contributed by atoms with Crippen molar-refractivity contribution in [3.05, 3.63) is 48.6 Å². The molecule has 4 heteroatoms. The molecule has 3 nitrogen and oxygen atoms in total. The summed E-state index contributed by atoms with van der Waals surface area (Å²) in [6.07, 6.45) is 1.75. The van der Waals surface area contributed by atoms with Gasteiger partial charge >= 0.3 is 5.97 Å². The Morgan fingerprint density at radius 3 is 2.71 bits per heavy atom. The number of nitrogens with one attached hydrogen (secondary N) is 1. The number of esters is 1. The number of halogens is 1. The van der Waals surface area contributed by atoms with E-state index >= 15 is 0 Å². The lowest BCUT2D eigenvalue weighted by molar-refractivity contribution is -0.148. The van der Waals surface area contributed by atoms with Crippen molar-refractivity contribution in [3.63, 3.8) is 0 Å². The molecule has 1 unspecified atom stereocenters. The highest BCUT2D eigenvalue weighted by Gasteiger charge is 2.08. The van der Waals surface area contributed by atoms with Gasteiger partial charge in [0, 0.05) is 6.54 Å². The first-order valence-electron chi connectivity index (χ1n) is 5.30. The monoisotopic (exact) mass is 255 g/mol. The smallest absolute Gasteiger partial charge is 0.311 e. The van der Waals surface area contributed by atoms with Gasteiger partial charge in [-0.3, -0.25) is 10.1 Å². The van der Waals surface area contributed by atoms with E-state index in [0.717, 1.165) is 5.56 Å². The number of benzene rings is 1. The summed E-state index contributed by atoms with van der Waals surface area (Å²) < 4.78 is 5.16. The molecule has 0 heterocycles. The number of hydrogen-bond donors (Lipinski definition) is 1. The lowest BCUT2D eigenvalue weighted by Crippen LogP contribution is -2.31. The van der Waals surface area contributed by atoms with Crippen LogP contribution in [0.4, 0.5) is 0 Å². The quantitative estimate of drug-likeness (QED) is 0.482. The van der Waals surface area contributed by atoms with E-state index in [1.165, 1.54) is 0 Å². The molecule has 0 radical (unpaired) electrons. The molecule has 1 aromatic carbocycles. The molecule has 0 fully saturated rings. The van der Waals surface area contributed by atoms with Gasteiger partial charge in [-0.1, -0.05) is 36.4 Å². The summed E-state index contributed by atoms with van der Waals surface area (Å²) in [5.74, 6) is -0.227. The maximum Gasteiger partial charge on any atom is 0.311 e. The largest absolute Gasteiger partial charge is 0.447 e. The third kappa shape index (κ3) is 6.76. The normalized spacial score (nSPS) is 11.1. The molecule has 0 spiro atoms. The van der Waals surface area contributed by atoms with E-state index in [-0.39, 0.29) is 24.6 Å². The van der Waals surface area contributed by atoms with Crippen molar-refractivity contribution in [3.8, 4) is 0 Å². The number of carbonyl (C=O) groups is 1. The van der Waals surface area contributed by atoms with Crippen molar-refractivity contribution in [1.29, 1.82) is 0 Å². The Labute approximate surface area is 108 Å². The average Bonchev–Trinajstić information content (AvgIpc) is 2.27. The van der Waals surface area contributed by atoms with Gasteiger partial charge < -0.3 is 4.74 Å². The van der Waals surface area contributed by atoms with E-state index in [9.17, 15) is 4.79 Å². The molecule has 1 rings (SSSR count). The van der Waals surface area contributed by atoms with Crippen molar-refractivity contribution in [2.45, 2.75) is 19.6 Å². The van der Waals surface area contributed by atoms with E-state index in [2.05, 4.69) is 11.9 Å². The van der Waals surface area contributed by atoms with Gasteiger partial charge in [0.1, 0.15) is 0 Å². The predicted octanol–water partition coefficient (Wildman–Crippen LogP) is 2.32. The minimum atomic E-state index is -0.283. The summed E-state index contributed by atoms with van der Waals surface area (Å²) in [5, 5.41) is 2.99. The van der Waals surface area contributed by atoms with Gasteiger partial charge in [-0.15, -0.1) is 19.0 Å². The van der Waals surface area contributed by atoms with Crippen molar-refractivity contribution in [1.82, 2.24) is 5.32 Å².